The summed E-state index contributed by atoms with van der Waals surface area (Å²) in [7, 11) is 1.94. The van der Waals surface area contributed by atoms with E-state index in [0.717, 1.165) is 13.1 Å². The molecule has 1 aromatic heterocycles. The Kier molecular flexibility index (Phi) is 3.69. The molecule has 3 nitrogen and oxygen atoms in total. The Morgan fingerprint density at radius 1 is 1.50 bits per heavy atom. The zero-order valence-electron chi connectivity index (χ0n) is 9.67. The fraction of sp³-hybridized carbons (Fsp3) is 0.727. The molecule has 0 aromatic carbocycles. The first-order valence-electron chi connectivity index (χ1n) is 5.22. The van der Waals surface area contributed by atoms with E-state index in [-0.39, 0.29) is 0 Å². The Hall–Kier alpha value is -0.830. The van der Waals surface area contributed by atoms with E-state index >= 15 is 0 Å². The maximum atomic E-state index is 4.13. The molecule has 0 aliphatic heterocycles. The quantitative estimate of drug-likeness (QED) is 0.778. The van der Waals surface area contributed by atoms with Crippen molar-refractivity contribution in [3.05, 3.63) is 18.0 Å². The lowest BCUT2D eigenvalue weighted by Crippen LogP contribution is -2.28. The second-order valence-corrected chi connectivity index (χ2v) is 4.64. The molecule has 14 heavy (non-hydrogen) atoms. The smallest absolute Gasteiger partial charge is 0.0534 e. The summed E-state index contributed by atoms with van der Waals surface area (Å²) in [5, 5.41) is 7.58. The van der Waals surface area contributed by atoms with Crippen LogP contribution in [0.1, 0.15) is 32.8 Å². The maximum absolute atomic E-state index is 4.13. The summed E-state index contributed by atoms with van der Waals surface area (Å²) in [6.45, 7) is 8.76. The molecular formula is C11H21N3. The number of aromatic nitrogens is 2. The summed E-state index contributed by atoms with van der Waals surface area (Å²) in [6.07, 6.45) is 5.16. The highest BCUT2D eigenvalue weighted by molar-refractivity contribution is 5.02. The summed E-state index contributed by atoms with van der Waals surface area (Å²) in [6, 6.07) is 0. The molecule has 0 aliphatic carbocycles. The average molecular weight is 195 g/mol. The summed E-state index contributed by atoms with van der Waals surface area (Å²) >= 11 is 0. The topological polar surface area (TPSA) is 29.9 Å². The molecule has 1 rings (SSSR count). The first kappa shape index (κ1) is 11.2. The fourth-order valence-corrected chi connectivity index (χ4v) is 1.23. The average Bonchev–Trinajstić information content (AvgIpc) is 2.51. The largest absolute Gasteiger partial charge is 0.312 e. The summed E-state index contributed by atoms with van der Waals surface area (Å²) in [4.78, 5) is 0. The normalized spacial score (nSPS) is 12.0. The molecule has 0 radical (unpaired) electrons. The van der Waals surface area contributed by atoms with E-state index < -0.39 is 0 Å². The van der Waals surface area contributed by atoms with Crippen LogP contribution in [0.2, 0.25) is 0 Å². The highest BCUT2D eigenvalue weighted by Gasteiger charge is 2.13. The predicted molar refractivity (Wildman–Crippen MR) is 59.0 cm³/mol. The molecular weight excluding hydrogens is 174 g/mol. The molecule has 0 aliphatic rings. The van der Waals surface area contributed by atoms with Gasteiger partial charge in [-0.3, -0.25) is 4.68 Å². The van der Waals surface area contributed by atoms with Crippen molar-refractivity contribution in [3.63, 3.8) is 0 Å². The van der Waals surface area contributed by atoms with Crippen LogP contribution in [0.4, 0.5) is 0 Å². The van der Waals surface area contributed by atoms with Gasteiger partial charge in [0.15, 0.2) is 0 Å². The number of rotatable bonds is 5. The fourth-order valence-electron chi connectivity index (χ4n) is 1.23. The molecule has 0 saturated heterocycles. The van der Waals surface area contributed by atoms with Crippen molar-refractivity contribution < 1.29 is 0 Å². The Morgan fingerprint density at radius 2 is 2.21 bits per heavy atom. The number of hydrogen-bond acceptors (Lipinski definition) is 2. The van der Waals surface area contributed by atoms with Gasteiger partial charge in [-0.05, 0) is 11.8 Å². The molecule has 0 atom stereocenters. The van der Waals surface area contributed by atoms with E-state index in [4.69, 9.17) is 0 Å². The van der Waals surface area contributed by atoms with Gasteiger partial charge in [-0.2, -0.15) is 5.10 Å². The number of aryl methyl sites for hydroxylation is 1. The van der Waals surface area contributed by atoms with Crippen LogP contribution in [0, 0.1) is 5.41 Å². The van der Waals surface area contributed by atoms with Gasteiger partial charge in [0.25, 0.3) is 0 Å². The molecule has 0 bridgehead atoms. The molecule has 1 N–H and O–H groups in total. The van der Waals surface area contributed by atoms with E-state index in [1.807, 2.05) is 24.1 Å². The lowest BCUT2D eigenvalue weighted by molar-refractivity contribution is 0.327. The van der Waals surface area contributed by atoms with Crippen molar-refractivity contribution in [3.8, 4) is 0 Å². The van der Waals surface area contributed by atoms with Gasteiger partial charge in [0, 0.05) is 31.9 Å². The highest BCUT2D eigenvalue weighted by Crippen LogP contribution is 2.17. The monoisotopic (exact) mass is 195 g/mol. The van der Waals surface area contributed by atoms with Gasteiger partial charge in [-0.1, -0.05) is 20.8 Å². The summed E-state index contributed by atoms with van der Waals surface area (Å²) in [5.74, 6) is 0. The van der Waals surface area contributed by atoms with E-state index in [2.05, 4.69) is 31.2 Å². The Morgan fingerprint density at radius 3 is 2.71 bits per heavy atom. The Labute approximate surface area is 86.5 Å². The lowest BCUT2D eigenvalue weighted by atomic mass is 9.90. The molecule has 1 aromatic rings. The van der Waals surface area contributed by atoms with Crippen LogP contribution >= 0.6 is 0 Å². The van der Waals surface area contributed by atoms with Gasteiger partial charge in [0.1, 0.15) is 0 Å². The van der Waals surface area contributed by atoms with Crippen molar-refractivity contribution in [2.24, 2.45) is 12.5 Å². The predicted octanol–water partition coefficient (Wildman–Crippen LogP) is 1.95. The van der Waals surface area contributed by atoms with E-state index in [0.29, 0.717) is 5.41 Å². The van der Waals surface area contributed by atoms with Gasteiger partial charge in [-0.15, -0.1) is 0 Å². The number of hydrogen-bond donors (Lipinski definition) is 1. The van der Waals surface area contributed by atoms with Crippen molar-refractivity contribution in [2.75, 3.05) is 6.54 Å². The standard InChI is InChI=1S/C11H21N3/c1-5-11(2,3)9-12-6-10-7-13-14(4)8-10/h7-8,12H,5-6,9H2,1-4H3. The van der Waals surface area contributed by atoms with E-state index in [1.165, 1.54) is 12.0 Å². The lowest BCUT2D eigenvalue weighted by Gasteiger charge is -2.22. The zero-order chi connectivity index (χ0) is 10.6. The first-order chi connectivity index (χ1) is 6.53. The first-order valence-corrected chi connectivity index (χ1v) is 5.22. The molecule has 3 heteroatoms. The second kappa shape index (κ2) is 4.60. The highest BCUT2D eigenvalue weighted by atomic mass is 15.2. The van der Waals surface area contributed by atoms with Gasteiger partial charge < -0.3 is 5.32 Å². The van der Waals surface area contributed by atoms with Crippen LogP contribution in [0.3, 0.4) is 0 Å². The molecule has 0 unspecified atom stereocenters. The molecule has 80 valence electrons. The third-order valence-electron chi connectivity index (χ3n) is 2.65. The Bertz CT molecular complexity index is 276. The maximum Gasteiger partial charge on any atom is 0.0534 e. The van der Waals surface area contributed by atoms with Crippen LogP contribution < -0.4 is 5.32 Å². The minimum atomic E-state index is 0.391. The van der Waals surface area contributed by atoms with Crippen LogP contribution in [0.5, 0.6) is 0 Å². The molecule has 1 heterocycles. The summed E-state index contributed by atoms with van der Waals surface area (Å²) < 4.78 is 1.84. The Balaban J connectivity index is 2.28. The molecule has 0 fully saturated rings. The van der Waals surface area contributed by atoms with Gasteiger partial charge in [0.2, 0.25) is 0 Å². The number of nitrogens with zero attached hydrogens (tertiary/aromatic N) is 2. The number of nitrogens with one attached hydrogen (secondary N) is 1. The third-order valence-corrected chi connectivity index (χ3v) is 2.65. The second-order valence-electron chi connectivity index (χ2n) is 4.64. The van der Waals surface area contributed by atoms with Crippen LogP contribution in [-0.2, 0) is 13.6 Å². The third kappa shape index (κ3) is 3.50. The van der Waals surface area contributed by atoms with Gasteiger partial charge in [0.05, 0.1) is 6.20 Å². The molecule has 0 spiro atoms. The minimum Gasteiger partial charge on any atom is -0.312 e. The molecule has 0 saturated carbocycles. The van der Waals surface area contributed by atoms with Crippen molar-refractivity contribution in [1.29, 1.82) is 0 Å². The summed E-state index contributed by atoms with van der Waals surface area (Å²) in [5.41, 5.74) is 1.64. The van der Waals surface area contributed by atoms with Crippen molar-refractivity contribution in [1.82, 2.24) is 15.1 Å². The van der Waals surface area contributed by atoms with Crippen LogP contribution in [0.15, 0.2) is 12.4 Å². The zero-order valence-corrected chi connectivity index (χ0v) is 9.67. The van der Waals surface area contributed by atoms with Crippen molar-refractivity contribution in [2.45, 2.75) is 33.7 Å². The van der Waals surface area contributed by atoms with Gasteiger partial charge >= 0.3 is 0 Å². The van der Waals surface area contributed by atoms with Gasteiger partial charge in [-0.25, -0.2) is 0 Å². The van der Waals surface area contributed by atoms with Crippen LogP contribution in [-0.4, -0.2) is 16.3 Å². The van der Waals surface area contributed by atoms with Crippen molar-refractivity contribution >= 4 is 0 Å². The minimum absolute atomic E-state index is 0.391. The SMILES string of the molecule is CCC(C)(C)CNCc1cnn(C)c1. The molecule has 0 amide bonds. The van der Waals surface area contributed by atoms with Crippen LogP contribution in [0.25, 0.3) is 0 Å². The van der Waals surface area contributed by atoms with E-state index in [9.17, 15) is 0 Å². The van der Waals surface area contributed by atoms with E-state index in [1.54, 1.807) is 0 Å².